The van der Waals surface area contributed by atoms with Crippen molar-refractivity contribution in [2.45, 2.75) is 94.8 Å². The second-order valence-electron chi connectivity index (χ2n) is 14.2. The van der Waals surface area contributed by atoms with E-state index in [1.165, 1.54) is 43.2 Å². The Morgan fingerprint density at radius 2 is 1.50 bits per heavy atom. The smallest absolute Gasteiger partial charge is 0.222 e. The number of nitrogens with zero attached hydrogens (tertiary/aromatic N) is 1. The molecule has 0 radical (unpaired) electrons. The van der Waals surface area contributed by atoms with Gasteiger partial charge in [-0.15, -0.1) is 0 Å². The number of likely N-dealkylation sites (tertiary alicyclic amines) is 1. The third-order valence-electron chi connectivity index (χ3n) is 13.1. The molecule has 2 unspecified atom stereocenters. The third-order valence-corrected chi connectivity index (χ3v) is 13.1. The molecule has 5 nitrogen and oxygen atoms in total. The number of hydrogen-bond donors (Lipinski definition) is 2. The fraction of sp³-hybridized carbons (Fsp3) is 0.600. The van der Waals surface area contributed by atoms with Crippen LogP contribution in [0.25, 0.3) is 0 Å². The van der Waals surface area contributed by atoms with Crippen molar-refractivity contribution in [3.8, 4) is 0 Å². The lowest BCUT2D eigenvalue weighted by Gasteiger charge is -2.77. The van der Waals surface area contributed by atoms with Crippen molar-refractivity contribution in [1.29, 1.82) is 0 Å². The minimum atomic E-state index is -0.682. The van der Waals surface area contributed by atoms with Crippen LogP contribution in [0.2, 0.25) is 0 Å². The van der Waals surface area contributed by atoms with Gasteiger partial charge in [0.05, 0.1) is 17.6 Å². The minimum absolute atomic E-state index is 0.103. The zero-order valence-electron chi connectivity index (χ0n) is 24.4. The maximum Gasteiger partial charge on any atom is 0.222 e. The zero-order chi connectivity index (χ0) is 27.8. The van der Waals surface area contributed by atoms with Gasteiger partial charge >= 0.3 is 0 Å². The summed E-state index contributed by atoms with van der Waals surface area (Å²) in [5, 5.41) is 7.46. The zero-order valence-corrected chi connectivity index (χ0v) is 24.4. The topological polar surface area (TPSA) is 61.4 Å². The minimum Gasteiger partial charge on any atom is -0.347 e. The van der Waals surface area contributed by atoms with E-state index >= 15 is 0 Å². The van der Waals surface area contributed by atoms with Crippen LogP contribution in [0.4, 0.5) is 0 Å². The van der Waals surface area contributed by atoms with Gasteiger partial charge in [0, 0.05) is 13.5 Å². The van der Waals surface area contributed by atoms with Gasteiger partial charge in [0.25, 0.3) is 0 Å². The van der Waals surface area contributed by atoms with Crippen molar-refractivity contribution < 1.29 is 9.59 Å². The van der Waals surface area contributed by atoms with Crippen molar-refractivity contribution in [2.75, 3.05) is 7.05 Å². The van der Waals surface area contributed by atoms with Crippen LogP contribution in [0, 0.1) is 28.6 Å². The first-order chi connectivity index (χ1) is 19.3. The van der Waals surface area contributed by atoms with E-state index in [9.17, 15) is 9.59 Å². The molecule has 0 bridgehead atoms. The maximum absolute atomic E-state index is 13.9. The van der Waals surface area contributed by atoms with Gasteiger partial charge in [0.2, 0.25) is 12.3 Å². The van der Waals surface area contributed by atoms with Crippen LogP contribution < -0.4 is 10.6 Å². The van der Waals surface area contributed by atoms with Crippen molar-refractivity contribution in [1.82, 2.24) is 15.5 Å². The van der Waals surface area contributed by atoms with E-state index in [-0.39, 0.29) is 23.4 Å². The van der Waals surface area contributed by atoms with Crippen molar-refractivity contribution >= 4 is 12.3 Å². The normalized spacial score (nSPS) is 44.1. The fourth-order valence-electron chi connectivity index (χ4n) is 11.5. The number of piperidine rings is 1. The average molecular weight is 540 g/mol. The number of carbonyl (C=O) groups excluding carboxylic acids is 2. The molecule has 8 atom stereocenters. The molecule has 2 aromatic carbocycles. The van der Waals surface area contributed by atoms with Gasteiger partial charge in [0.15, 0.2) is 0 Å². The van der Waals surface area contributed by atoms with Crippen LogP contribution in [0.5, 0.6) is 0 Å². The summed E-state index contributed by atoms with van der Waals surface area (Å²) in [7, 11) is 2.05. The summed E-state index contributed by atoms with van der Waals surface area (Å²) in [6.07, 6.45) is 11.1. The van der Waals surface area contributed by atoms with Crippen LogP contribution in [0.3, 0.4) is 0 Å². The highest BCUT2D eigenvalue weighted by atomic mass is 16.2. The number of fused-ring (bicyclic) bond motifs is 5. The van der Waals surface area contributed by atoms with E-state index in [0.717, 1.165) is 31.6 Å². The molecule has 7 rings (SSSR count). The van der Waals surface area contributed by atoms with Crippen molar-refractivity contribution in [3.63, 3.8) is 0 Å². The predicted molar refractivity (Wildman–Crippen MR) is 157 cm³/mol. The van der Waals surface area contributed by atoms with Gasteiger partial charge in [-0.1, -0.05) is 80.9 Å². The average Bonchev–Trinajstić information content (AvgIpc) is 3.37. The number of likely N-dealkylation sites (N-methyl/N-ethyl adjacent to an activating group) is 1. The summed E-state index contributed by atoms with van der Waals surface area (Å²) < 4.78 is 0. The molecule has 2 N–H and O–H groups in total. The Balaban J connectivity index is 1.45. The van der Waals surface area contributed by atoms with Gasteiger partial charge < -0.3 is 10.2 Å². The van der Waals surface area contributed by atoms with E-state index in [0.29, 0.717) is 23.7 Å². The molecule has 5 fully saturated rings. The van der Waals surface area contributed by atoms with Crippen LogP contribution in [0.15, 0.2) is 60.7 Å². The van der Waals surface area contributed by atoms with E-state index in [1.807, 2.05) is 0 Å². The van der Waals surface area contributed by atoms with Gasteiger partial charge in [-0.25, -0.2) is 0 Å². The summed E-state index contributed by atoms with van der Waals surface area (Å²) in [4.78, 5) is 28.8. The monoisotopic (exact) mass is 539 g/mol. The molecule has 2 amide bonds. The number of amides is 2. The second kappa shape index (κ2) is 9.17. The summed E-state index contributed by atoms with van der Waals surface area (Å²) in [5.41, 5.74) is 1.50. The molecule has 40 heavy (non-hydrogen) atoms. The highest BCUT2D eigenvalue weighted by Crippen LogP contribution is 2.72. The highest BCUT2D eigenvalue weighted by molar-refractivity contribution is 5.79. The molecule has 5 heteroatoms. The largest absolute Gasteiger partial charge is 0.347 e. The Hall–Kier alpha value is -2.66. The number of nitrogens with one attached hydrogen (secondary N) is 2. The van der Waals surface area contributed by atoms with Crippen LogP contribution >= 0.6 is 0 Å². The van der Waals surface area contributed by atoms with Crippen LogP contribution in [-0.4, -0.2) is 35.3 Å². The molecule has 2 saturated heterocycles. The van der Waals surface area contributed by atoms with Gasteiger partial charge in [0.1, 0.15) is 5.54 Å². The lowest BCUT2D eigenvalue weighted by molar-refractivity contribution is -0.231. The van der Waals surface area contributed by atoms with Crippen LogP contribution in [-0.2, 0) is 9.59 Å². The first-order valence-electron chi connectivity index (χ1n) is 15.7. The number of benzene rings is 2. The molecule has 2 heterocycles. The van der Waals surface area contributed by atoms with Gasteiger partial charge in [-0.05, 0) is 84.7 Å². The summed E-state index contributed by atoms with van der Waals surface area (Å²) in [6, 6.07) is 20.9. The predicted octanol–water partition coefficient (Wildman–Crippen LogP) is 6.18. The number of carbonyl (C=O) groups is 2. The molecular formula is C35H45N3O2. The lowest BCUT2D eigenvalue weighted by atomic mass is 9.37. The molecular weight excluding hydrogens is 494 g/mol. The fourth-order valence-corrected chi connectivity index (χ4v) is 11.5. The number of hydrogen-bond acceptors (Lipinski definition) is 3. The van der Waals surface area contributed by atoms with E-state index in [2.05, 4.69) is 97.1 Å². The summed E-state index contributed by atoms with van der Waals surface area (Å²) in [5.74, 6) is 2.25. The molecule has 0 aromatic heterocycles. The molecule has 0 spiro atoms. The second-order valence-corrected chi connectivity index (χ2v) is 14.2. The Morgan fingerprint density at radius 1 is 0.850 bits per heavy atom. The van der Waals surface area contributed by atoms with E-state index in [4.69, 9.17) is 0 Å². The van der Waals surface area contributed by atoms with Gasteiger partial charge in [-0.3, -0.25) is 14.9 Å². The summed E-state index contributed by atoms with van der Waals surface area (Å²) >= 11 is 0. The lowest BCUT2D eigenvalue weighted by Crippen LogP contribution is -2.89. The Bertz CT molecular complexity index is 1240. The molecule has 212 valence electrons. The first kappa shape index (κ1) is 26.3. The van der Waals surface area contributed by atoms with Crippen molar-refractivity contribution in [2.24, 2.45) is 28.6 Å². The third kappa shape index (κ3) is 3.19. The Labute approximate surface area is 239 Å². The summed E-state index contributed by atoms with van der Waals surface area (Å²) in [6.45, 7) is 5.07. The first-order valence-corrected chi connectivity index (χ1v) is 15.7. The highest BCUT2D eigenvalue weighted by Gasteiger charge is 2.78. The SMILES string of the molecule is CN1C(=O)CC[C@]2(C)[C@H]3CC[C@]4(C)CCC[C@H]4[C@@H]3CC[C@@]12C1(NC=O)C(c2ccccc2)NC1c1ccccc1. The Morgan fingerprint density at radius 3 is 2.12 bits per heavy atom. The van der Waals surface area contributed by atoms with E-state index < -0.39 is 11.1 Å². The maximum atomic E-state index is 13.9. The number of rotatable bonds is 5. The molecule has 3 aliphatic carbocycles. The molecule has 3 saturated carbocycles. The molecule has 2 aromatic rings. The molecule has 2 aliphatic heterocycles. The quantitative estimate of drug-likeness (QED) is 0.446. The van der Waals surface area contributed by atoms with Crippen molar-refractivity contribution in [3.05, 3.63) is 71.8 Å². The Kier molecular flexibility index (Phi) is 6.02. The van der Waals surface area contributed by atoms with Crippen LogP contribution in [0.1, 0.15) is 94.8 Å². The standard InChI is InChI=1S/C35H45N3O2/c1-32-19-10-15-27(32)26-16-22-34(33(2,28(26)17-20-32)21-18-29(40)38(34)3)35(36-23-39)30(24-11-6-4-7-12-24)37-31(35)25-13-8-5-9-14-25/h4-9,11-14,23,26-28,30-31,37H,10,15-22H2,1-3H3,(H,36,39)/t26-,27-,28-,30?,31?,32-,33+,34+,35?/m0/s1. The molecule has 5 aliphatic rings. The van der Waals surface area contributed by atoms with E-state index in [1.54, 1.807) is 0 Å². The van der Waals surface area contributed by atoms with Gasteiger partial charge in [-0.2, -0.15) is 0 Å².